The minimum atomic E-state index is -4.63. The van der Waals surface area contributed by atoms with Gasteiger partial charge in [-0.2, -0.15) is 0 Å². The number of hydrogen-bond donors (Lipinski definition) is 1. The number of sulfonamides is 1. The molecule has 0 aliphatic rings. The van der Waals surface area contributed by atoms with Crippen LogP contribution in [-0.2, 0) is 14.6 Å². The first-order chi connectivity index (χ1) is 13.2. The Morgan fingerprint density at radius 1 is 1.00 bits per heavy atom. The van der Waals surface area contributed by atoms with E-state index in [4.69, 9.17) is 4.52 Å². The molecule has 0 bridgehead atoms. The quantitative estimate of drug-likeness (QED) is 0.227. The van der Waals surface area contributed by atoms with Gasteiger partial charge >= 0.3 is 29.6 Å². The maximum absolute atomic E-state index is 12.4. The van der Waals surface area contributed by atoms with Crippen molar-refractivity contribution in [3.05, 3.63) is 76.8 Å². The van der Waals surface area contributed by atoms with Gasteiger partial charge in [-0.25, -0.2) is 13.1 Å². The first-order valence-electron chi connectivity index (χ1n) is 7.89. The summed E-state index contributed by atoms with van der Waals surface area (Å²) < 4.78 is 43.6. The van der Waals surface area contributed by atoms with E-state index >= 15 is 0 Å². The van der Waals surface area contributed by atoms with Crippen LogP contribution in [0.2, 0.25) is 0 Å². The first-order valence-corrected chi connectivity index (χ1v) is 11.1. The van der Waals surface area contributed by atoms with Gasteiger partial charge in [0.05, 0.1) is 16.1 Å². The van der Waals surface area contributed by atoms with E-state index in [1.807, 2.05) is 16.9 Å². The Morgan fingerprint density at radius 3 is 2.24 bits per heavy atom. The summed E-state index contributed by atoms with van der Waals surface area (Å²) in [7, 11) is -8.72. The van der Waals surface area contributed by atoms with E-state index in [9.17, 15) is 28.0 Å². The number of nitrogens with zero attached hydrogens (tertiary/aromatic N) is 1. The normalized spacial score (nSPS) is 13.3. The Hall–Kier alpha value is -1.78. The predicted molar refractivity (Wildman–Crippen MR) is 100 cm³/mol. The zero-order chi connectivity index (χ0) is 20.4. The number of rotatable bonds is 7. The zero-order valence-electron chi connectivity index (χ0n) is 15.2. The number of hydrogen-bond acceptors (Lipinski definition) is 7. The van der Waals surface area contributed by atoms with Gasteiger partial charge in [-0.15, -0.1) is 0 Å². The summed E-state index contributed by atoms with van der Waals surface area (Å²) in [5, 5.41) is 12.1. The van der Waals surface area contributed by atoms with Crippen LogP contribution in [0.15, 0.2) is 71.6 Å². The second-order valence-electron chi connectivity index (χ2n) is 5.77. The van der Waals surface area contributed by atoms with Gasteiger partial charge in [0.15, 0.2) is 7.60 Å². The van der Waals surface area contributed by atoms with Gasteiger partial charge in [-0.05, 0) is 35.0 Å². The molecule has 29 heavy (non-hydrogen) atoms. The van der Waals surface area contributed by atoms with Crippen LogP contribution in [-0.4, -0.2) is 19.6 Å². The molecule has 3 rings (SSSR count). The fraction of sp³-hybridized carbons (Fsp3) is 0.0588. The third kappa shape index (κ3) is 6.10. The fourth-order valence-electron chi connectivity index (χ4n) is 2.40. The second kappa shape index (κ2) is 9.36. The van der Waals surface area contributed by atoms with Crippen molar-refractivity contribution in [2.45, 2.75) is 4.90 Å². The van der Waals surface area contributed by atoms with E-state index in [-0.39, 0.29) is 45.9 Å². The van der Waals surface area contributed by atoms with Crippen molar-refractivity contribution < 1.29 is 56.9 Å². The van der Waals surface area contributed by atoms with E-state index in [1.54, 1.807) is 18.2 Å². The average molecular weight is 444 g/mol. The van der Waals surface area contributed by atoms with Gasteiger partial charge in [-0.1, -0.05) is 30.3 Å². The maximum atomic E-state index is 12.4. The van der Waals surface area contributed by atoms with Gasteiger partial charge in [0.2, 0.25) is 10.0 Å². The maximum Gasteiger partial charge on any atom is 1.00 e. The molecule has 0 spiro atoms. The van der Waals surface area contributed by atoms with Crippen LogP contribution in [0.5, 0.6) is 5.75 Å². The Morgan fingerprint density at radius 2 is 1.62 bits per heavy atom. The molecule has 1 atom stereocenters. The Balaban J connectivity index is 0.00000300. The van der Waals surface area contributed by atoms with Crippen LogP contribution in [0.3, 0.4) is 0 Å². The number of nitro groups is 1. The molecular weight excluding hydrogens is 430 g/mol. The average Bonchev–Trinajstić information content (AvgIpc) is 2.66. The summed E-state index contributed by atoms with van der Waals surface area (Å²) in [6.07, 6.45) is -0.973. The number of nitrogens with one attached hydrogen (secondary N) is 1. The van der Waals surface area contributed by atoms with Crippen molar-refractivity contribution in [2.75, 3.05) is 6.29 Å². The van der Waals surface area contributed by atoms with Crippen LogP contribution < -0.4 is 43.7 Å². The molecule has 1 N–H and O–H groups in total. The summed E-state index contributed by atoms with van der Waals surface area (Å²) in [5.74, 6) is -0.158. The molecular formula is C17H14N2NaO7PS. The van der Waals surface area contributed by atoms with Crippen LogP contribution in [0.25, 0.3) is 10.8 Å². The Kier molecular flexibility index (Phi) is 7.58. The number of fused-ring (bicyclic) bond motifs is 1. The van der Waals surface area contributed by atoms with Crippen LogP contribution in [0, 0.1) is 10.1 Å². The van der Waals surface area contributed by atoms with Crippen molar-refractivity contribution in [2.24, 2.45) is 0 Å². The molecule has 0 aliphatic heterocycles. The van der Waals surface area contributed by atoms with Crippen molar-refractivity contribution in [3.8, 4) is 5.75 Å². The third-order valence-electron chi connectivity index (χ3n) is 3.77. The summed E-state index contributed by atoms with van der Waals surface area (Å²) in [6, 6.07) is 15.9. The molecule has 146 valence electrons. The van der Waals surface area contributed by atoms with Crippen molar-refractivity contribution in [1.82, 2.24) is 4.72 Å². The predicted octanol–water partition coefficient (Wildman–Crippen LogP) is -0.380. The van der Waals surface area contributed by atoms with E-state index in [2.05, 4.69) is 0 Å². The molecule has 3 aromatic rings. The second-order valence-corrected chi connectivity index (χ2v) is 9.26. The molecule has 0 saturated heterocycles. The topological polar surface area (TPSA) is 139 Å². The molecule has 0 radical (unpaired) electrons. The van der Waals surface area contributed by atoms with Crippen molar-refractivity contribution >= 4 is 34.1 Å². The third-order valence-corrected chi connectivity index (χ3v) is 6.42. The number of nitro benzene ring substituents is 1. The molecule has 0 aliphatic carbocycles. The summed E-state index contributed by atoms with van der Waals surface area (Å²) in [4.78, 5) is 21.9. The Bertz CT molecular complexity index is 1190. The molecule has 0 saturated carbocycles. The zero-order valence-corrected chi connectivity index (χ0v) is 18.9. The molecule has 12 heteroatoms. The largest absolute Gasteiger partial charge is 1.00 e. The van der Waals surface area contributed by atoms with Gasteiger partial charge < -0.3 is 9.42 Å². The van der Waals surface area contributed by atoms with Crippen molar-refractivity contribution in [1.29, 1.82) is 0 Å². The molecule has 3 aromatic carbocycles. The first kappa shape index (κ1) is 23.5. The molecule has 0 aromatic heterocycles. The van der Waals surface area contributed by atoms with Gasteiger partial charge in [0.1, 0.15) is 5.75 Å². The van der Waals surface area contributed by atoms with E-state index in [0.717, 1.165) is 29.7 Å². The van der Waals surface area contributed by atoms with Gasteiger partial charge in [-0.3, -0.25) is 14.7 Å². The van der Waals surface area contributed by atoms with Crippen LogP contribution >= 0.6 is 7.60 Å². The summed E-state index contributed by atoms with van der Waals surface area (Å²) in [5.41, 5.74) is -0.231. The van der Waals surface area contributed by atoms with E-state index in [1.165, 1.54) is 12.1 Å². The summed E-state index contributed by atoms with van der Waals surface area (Å²) in [6.45, 7) is 0. The molecule has 0 heterocycles. The minimum absolute atomic E-state index is 0. The summed E-state index contributed by atoms with van der Waals surface area (Å²) >= 11 is 0. The molecule has 9 nitrogen and oxygen atoms in total. The van der Waals surface area contributed by atoms with Gasteiger partial charge in [0.25, 0.3) is 5.69 Å². The monoisotopic (exact) mass is 444 g/mol. The smallest absolute Gasteiger partial charge is 0.768 e. The van der Waals surface area contributed by atoms with Crippen molar-refractivity contribution in [3.63, 3.8) is 0 Å². The van der Waals surface area contributed by atoms with Gasteiger partial charge in [0, 0.05) is 12.1 Å². The minimum Gasteiger partial charge on any atom is -0.768 e. The number of benzene rings is 3. The SMILES string of the molecule is O=[N+]([O-])c1ccc(OP(=O)([O-])CNS(=O)(=O)c2ccc3ccccc3c2)cc1.[Na+]. The fourth-order valence-corrected chi connectivity index (χ4v) is 4.92. The molecule has 1 unspecified atom stereocenters. The standard InChI is InChI=1S/C17H15N2O7PS.Na/c20-19(21)15-6-8-16(9-7-15)26-27(22,23)12-18-28(24,25)17-10-5-13-3-1-2-4-14(13)11-17;/h1-11,18H,12H2,(H,22,23);/q;+1/p-1. The van der Waals surface area contributed by atoms with Crippen LogP contribution in [0.1, 0.15) is 0 Å². The van der Waals surface area contributed by atoms with E-state index < -0.39 is 28.8 Å². The molecule has 0 amide bonds. The van der Waals surface area contributed by atoms with Crippen LogP contribution in [0.4, 0.5) is 5.69 Å². The number of non-ortho nitro benzene ring substituents is 1. The molecule has 0 fully saturated rings. The Labute approximate surface area is 188 Å². The van der Waals surface area contributed by atoms with E-state index in [0.29, 0.717) is 5.39 Å².